The molecule has 1 aromatic rings. The van der Waals surface area contributed by atoms with E-state index in [2.05, 4.69) is 36.2 Å². The van der Waals surface area contributed by atoms with Gasteiger partial charge in [-0.25, -0.2) is 0 Å². The van der Waals surface area contributed by atoms with E-state index in [0.717, 1.165) is 23.9 Å². The summed E-state index contributed by atoms with van der Waals surface area (Å²) in [6.45, 7) is 9.42. The van der Waals surface area contributed by atoms with E-state index >= 15 is 0 Å². The summed E-state index contributed by atoms with van der Waals surface area (Å²) >= 11 is 1.85. The smallest absolute Gasteiger partial charge is 0.243 e. The molecule has 0 spiro atoms. The Morgan fingerprint density at radius 2 is 2.12 bits per heavy atom. The third-order valence-corrected chi connectivity index (χ3v) is 3.41. The van der Waals surface area contributed by atoms with Crippen LogP contribution in [0.25, 0.3) is 0 Å². The van der Waals surface area contributed by atoms with Gasteiger partial charge in [0.25, 0.3) is 0 Å². The van der Waals surface area contributed by atoms with E-state index in [9.17, 15) is 0 Å². The highest BCUT2D eigenvalue weighted by atomic mass is 32.2. The SMILES string of the molecule is CCNC(C)c1nc(CSCC(C)C)no1. The fourth-order valence-electron chi connectivity index (χ4n) is 1.28. The lowest BCUT2D eigenvalue weighted by atomic mass is 10.3. The first kappa shape index (κ1) is 13.5. The van der Waals surface area contributed by atoms with Crippen LogP contribution in [0.5, 0.6) is 0 Å². The molecule has 4 nitrogen and oxygen atoms in total. The Morgan fingerprint density at radius 1 is 1.38 bits per heavy atom. The Morgan fingerprint density at radius 3 is 2.75 bits per heavy atom. The lowest BCUT2D eigenvalue weighted by Crippen LogP contribution is -2.17. The molecule has 0 amide bonds. The predicted molar refractivity (Wildman–Crippen MR) is 67.4 cm³/mol. The van der Waals surface area contributed by atoms with Crippen molar-refractivity contribution in [3.63, 3.8) is 0 Å². The molecule has 1 unspecified atom stereocenters. The number of hydrogen-bond donors (Lipinski definition) is 1. The summed E-state index contributed by atoms with van der Waals surface area (Å²) in [5, 5.41) is 7.22. The van der Waals surface area contributed by atoms with Gasteiger partial charge in [0.15, 0.2) is 5.82 Å². The molecule has 1 atom stereocenters. The third kappa shape index (κ3) is 4.53. The number of nitrogens with one attached hydrogen (secondary N) is 1. The maximum atomic E-state index is 5.20. The summed E-state index contributed by atoms with van der Waals surface area (Å²) in [7, 11) is 0. The summed E-state index contributed by atoms with van der Waals surface area (Å²) in [6.07, 6.45) is 0. The van der Waals surface area contributed by atoms with Crippen molar-refractivity contribution in [3.8, 4) is 0 Å². The van der Waals surface area contributed by atoms with Crippen molar-refractivity contribution in [2.45, 2.75) is 39.5 Å². The molecule has 0 aromatic carbocycles. The van der Waals surface area contributed by atoms with Gasteiger partial charge >= 0.3 is 0 Å². The standard InChI is InChI=1S/C11H21N3OS/c1-5-12-9(4)11-13-10(14-15-11)7-16-6-8(2)3/h8-9,12H,5-7H2,1-4H3. The van der Waals surface area contributed by atoms with Crippen LogP contribution in [0.1, 0.15) is 45.5 Å². The van der Waals surface area contributed by atoms with Crippen LogP contribution in [0, 0.1) is 5.92 Å². The van der Waals surface area contributed by atoms with Gasteiger partial charge in [-0.1, -0.05) is 25.9 Å². The molecule has 0 saturated carbocycles. The molecule has 1 heterocycles. The Hall–Kier alpha value is -0.550. The second-order valence-electron chi connectivity index (χ2n) is 4.24. The fourth-order valence-corrected chi connectivity index (χ4v) is 2.17. The van der Waals surface area contributed by atoms with Crippen LogP contribution in [-0.2, 0) is 5.75 Å². The predicted octanol–water partition coefficient (Wildman–Crippen LogP) is 2.63. The molecule has 1 rings (SSSR count). The normalized spacial score (nSPS) is 13.3. The number of nitrogens with zero attached hydrogens (tertiary/aromatic N) is 2. The zero-order chi connectivity index (χ0) is 12.0. The Balaban J connectivity index is 2.39. The molecule has 0 aliphatic carbocycles. The van der Waals surface area contributed by atoms with Gasteiger partial charge in [0.1, 0.15) is 0 Å². The zero-order valence-electron chi connectivity index (χ0n) is 10.5. The van der Waals surface area contributed by atoms with Crippen LogP contribution < -0.4 is 5.32 Å². The Kier molecular flexibility index (Phi) is 5.84. The summed E-state index contributed by atoms with van der Waals surface area (Å²) in [5.74, 6) is 4.15. The molecule has 0 bridgehead atoms. The van der Waals surface area contributed by atoms with E-state index in [1.807, 2.05) is 18.7 Å². The molecule has 0 fully saturated rings. The molecule has 1 N–H and O–H groups in total. The minimum atomic E-state index is 0.140. The van der Waals surface area contributed by atoms with Gasteiger partial charge in [-0.3, -0.25) is 0 Å². The Labute approximate surface area is 102 Å². The van der Waals surface area contributed by atoms with E-state index in [-0.39, 0.29) is 6.04 Å². The molecule has 1 aromatic heterocycles. The molecular weight excluding hydrogens is 222 g/mol. The summed E-state index contributed by atoms with van der Waals surface area (Å²) in [6, 6.07) is 0.140. The van der Waals surface area contributed by atoms with Crippen molar-refractivity contribution in [2.75, 3.05) is 12.3 Å². The van der Waals surface area contributed by atoms with Gasteiger partial charge in [-0.15, -0.1) is 0 Å². The fraction of sp³-hybridized carbons (Fsp3) is 0.818. The number of rotatable bonds is 7. The second kappa shape index (κ2) is 6.91. The van der Waals surface area contributed by atoms with Gasteiger partial charge in [-0.2, -0.15) is 16.7 Å². The maximum Gasteiger partial charge on any atom is 0.243 e. The topological polar surface area (TPSA) is 51.0 Å². The van der Waals surface area contributed by atoms with E-state index in [0.29, 0.717) is 11.8 Å². The first-order chi connectivity index (χ1) is 7.63. The molecule has 0 aliphatic rings. The highest BCUT2D eigenvalue weighted by Crippen LogP contribution is 2.15. The number of hydrogen-bond acceptors (Lipinski definition) is 5. The van der Waals surface area contributed by atoms with Crippen LogP contribution in [0.2, 0.25) is 0 Å². The summed E-state index contributed by atoms with van der Waals surface area (Å²) in [4.78, 5) is 4.36. The number of aromatic nitrogens is 2. The highest BCUT2D eigenvalue weighted by molar-refractivity contribution is 7.98. The van der Waals surface area contributed by atoms with Gasteiger partial charge in [0.2, 0.25) is 5.89 Å². The quantitative estimate of drug-likeness (QED) is 0.798. The van der Waals surface area contributed by atoms with E-state index < -0.39 is 0 Å². The van der Waals surface area contributed by atoms with Crippen LogP contribution in [0.3, 0.4) is 0 Å². The molecule has 5 heteroatoms. The lowest BCUT2D eigenvalue weighted by molar-refractivity contribution is 0.339. The molecular formula is C11H21N3OS. The van der Waals surface area contributed by atoms with Gasteiger partial charge in [0.05, 0.1) is 11.8 Å². The van der Waals surface area contributed by atoms with Crippen molar-refractivity contribution in [1.82, 2.24) is 15.5 Å². The molecule has 0 saturated heterocycles. The van der Waals surface area contributed by atoms with Crippen LogP contribution >= 0.6 is 11.8 Å². The minimum Gasteiger partial charge on any atom is -0.338 e. The van der Waals surface area contributed by atoms with Crippen molar-refractivity contribution in [3.05, 3.63) is 11.7 Å². The monoisotopic (exact) mass is 243 g/mol. The van der Waals surface area contributed by atoms with E-state index in [1.165, 1.54) is 0 Å². The average molecular weight is 243 g/mol. The van der Waals surface area contributed by atoms with Gasteiger partial charge < -0.3 is 9.84 Å². The Bertz CT molecular complexity index is 301. The van der Waals surface area contributed by atoms with Crippen LogP contribution in [0.4, 0.5) is 0 Å². The second-order valence-corrected chi connectivity index (χ2v) is 5.27. The third-order valence-electron chi connectivity index (χ3n) is 2.05. The van der Waals surface area contributed by atoms with E-state index in [4.69, 9.17) is 4.52 Å². The van der Waals surface area contributed by atoms with E-state index in [1.54, 1.807) is 0 Å². The van der Waals surface area contributed by atoms with Crippen molar-refractivity contribution >= 4 is 11.8 Å². The lowest BCUT2D eigenvalue weighted by Gasteiger charge is -2.05. The van der Waals surface area contributed by atoms with Crippen molar-refractivity contribution in [1.29, 1.82) is 0 Å². The summed E-state index contributed by atoms with van der Waals surface area (Å²) < 4.78 is 5.20. The highest BCUT2D eigenvalue weighted by Gasteiger charge is 2.12. The maximum absolute atomic E-state index is 5.20. The van der Waals surface area contributed by atoms with Crippen LogP contribution in [0.15, 0.2) is 4.52 Å². The minimum absolute atomic E-state index is 0.140. The largest absolute Gasteiger partial charge is 0.338 e. The molecule has 0 aliphatic heterocycles. The molecule has 0 radical (unpaired) electrons. The first-order valence-electron chi connectivity index (χ1n) is 5.77. The molecule has 92 valence electrons. The van der Waals surface area contributed by atoms with Crippen molar-refractivity contribution < 1.29 is 4.52 Å². The molecule has 16 heavy (non-hydrogen) atoms. The van der Waals surface area contributed by atoms with Crippen molar-refractivity contribution in [2.24, 2.45) is 5.92 Å². The van der Waals surface area contributed by atoms with Crippen LogP contribution in [-0.4, -0.2) is 22.4 Å². The number of thioether (sulfide) groups is 1. The van der Waals surface area contributed by atoms with Gasteiger partial charge in [-0.05, 0) is 25.1 Å². The van der Waals surface area contributed by atoms with Gasteiger partial charge in [0, 0.05) is 0 Å². The first-order valence-corrected chi connectivity index (χ1v) is 6.92. The zero-order valence-corrected chi connectivity index (χ0v) is 11.3. The summed E-state index contributed by atoms with van der Waals surface area (Å²) in [5.41, 5.74) is 0. The average Bonchev–Trinajstić information content (AvgIpc) is 2.66.